The van der Waals surface area contributed by atoms with Gasteiger partial charge < -0.3 is 0 Å². The van der Waals surface area contributed by atoms with Gasteiger partial charge in [-0.1, -0.05) is 45.1 Å². The van der Waals surface area contributed by atoms with Gasteiger partial charge in [-0.05, 0) is 35.9 Å². The number of alkyl halides is 3. The van der Waals surface area contributed by atoms with Crippen molar-refractivity contribution in [3.63, 3.8) is 0 Å². The first-order valence-corrected chi connectivity index (χ1v) is 7.03. The minimum Gasteiger partial charge on any atom is -0.160 e. The largest absolute Gasteiger partial charge is 0.446 e. The van der Waals surface area contributed by atoms with Crippen LogP contribution < -0.4 is 0 Å². The summed E-state index contributed by atoms with van der Waals surface area (Å²) >= 11 is -0.0834. The highest BCUT2D eigenvalue weighted by atomic mass is 32.2. The van der Waals surface area contributed by atoms with E-state index in [2.05, 4.69) is 11.8 Å². The highest BCUT2D eigenvalue weighted by molar-refractivity contribution is 8.00. The highest BCUT2D eigenvalue weighted by Gasteiger charge is 2.30. The second-order valence-corrected chi connectivity index (χ2v) is 5.66. The Morgan fingerprint density at radius 3 is 2.47 bits per heavy atom. The Labute approximate surface area is 116 Å². The first kappa shape index (κ1) is 16.0. The molecule has 0 fully saturated rings. The van der Waals surface area contributed by atoms with Crippen LogP contribution in [0.1, 0.15) is 38.3 Å². The third-order valence-electron chi connectivity index (χ3n) is 2.31. The molecule has 0 aliphatic carbocycles. The van der Waals surface area contributed by atoms with E-state index in [-0.39, 0.29) is 22.6 Å². The van der Waals surface area contributed by atoms with E-state index in [1.807, 2.05) is 26.8 Å². The Bertz CT molecular complexity index is 478. The highest BCUT2D eigenvalue weighted by Crippen LogP contribution is 2.38. The Kier molecular flexibility index (Phi) is 5.81. The van der Waals surface area contributed by atoms with Crippen LogP contribution in [0.4, 0.5) is 13.2 Å². The molecule has 0 unspecified atom stereocenters. The van der Waals surface area contributed by atoms with Crippen molar-refractivity contribution in [2.24, 2.45) is 5.92 Å². The molecule has 0 saturated carbocycles. The predicted molar refractivity (Wildman–Crippen MR) is 74.1 cm³/mol. The molecule has 19 heavy (non-hydrogen) atoms. The van der Waals surface area contributed by atoms with E-state index in [4.69, 9.17) is 0 Å². The summed E-state index contributed by atoms with van der Waals surface area (Å²) in [6, 6.07) is 5.15. The zero-order valence-electron chi connectivity index (χ0n) is 11.3. The molecule has 0 heterocycles. The summed E-state index contributed by atoms with van der Waals surface area (Å²) in [7, 11) is 0. The van der Waals surface area contributed by atoms with Crippen LogP contribution in [0.25, 0.3) is 0 Å². The van der Waals surface area contributed by atoms with E-state index in [1.54, 1.807) is 12.1 Å². The van der Waals surface area contributed by atoms with Gasteiger partial charge >= 0.3 is 5.51 Å². The lowest BCUT2D eigenvalue weighted by Crippen LogP contribution is -2.01. The standard InChI is InChI=1S/C15H17F3S/c1-4-5-12-7-9-13(8-6-11(2)3)14(10-12)19-15(16,17)18/h7,9-11H,4-5H2,1-3H3. The summed E-state index contributed by atoms with van der Waals surface area (Å²) in [4.78, 5) is 0.201. The minimum absolute atomic E-state index is 0.0834. The first-order valence-electron chi connectivity index (χ1n) is 6.22. The van der Waals surface area contributed by atoms with Gasteiger partial charge in [0.25, 0.3) is 0 Å². The molecule has 0 bridgehead atoms. The normalized spacial score (nSPS) is 11.3. The molecule has 0 spiro atoms. The van der Waals surface area contributed by atoms with Crippen LogP contribution in [0.3, 0.4) is 0 Å². The molecule has 0 aliphatic heterocycles. The van der Waals surface area contributed by atoms with E-state index in [0.717, 1.165) is 18.4 Å². The molecule has 0 aliphatic rings. The van der Waals surface area contributed by atoms with Crippen molar-refractivity contribution in [3.8, 4) is 11.8 Å². The van der Waals surface area contributed by atoms with Crippen LogP contribution in [0.2, 0.25) is 0 Å². The molecule has 104 valence electrons. The molecule has 0 nitrogen and oxygen atoms in total. The van der Waals surface area contributed by atoms with Gasteiger partial charge in [0.1, 0.15) is 0 Å². The topological polar surface area (TPSA) is 0 Å². The van der Waals surface area contributed by atoms with Crippen LogP contribution in [0.5, 0.6) is 0 Å². The number of hydrogen-bond acceptors (Lipinski definition) is 1. The maximum Gasteiger partial charge on any atom is 0.446 e. The number of rotatable bonds is 3. The van der Waals surface area contributed by atoms with Gasteiger partial charge in [-0.25, -0.2) is 0 Å². The Morgan fingerprint density at radius 1 is 1.26 bits per heavy atom. The number of hydrogen-bond donors (Lipinski definition) is 0. The van der Waals surface area contributed by atoms with E-state index in [9.17, 15) is 13.2 Å². The monoisotopic (exact) mass is 286 g/mol. The fourth-order valence-corrected chi connectivity index (χ4v) is 2.23. The number of aryl methyl sites for hydroxylation is 1. The molecule has 0 radical (unpaired) electrons. The van der Waals surface area contributed by atoms with Gasteiger partial charge in [-0.3, -0.25) is 0 Å². The quantitative estimate of drug-likeness (QED) is 0.539. The lowest BCUT2D eigenvalue weighted by atomic mass is 10.1. The molecule has 0 N–H and O–H groups in total. The molecule has 1 rings (SSSR count). The fourth-order valence-electron chi connectivity index (χ4n) is 1.55. The second-order valence-electron chi connectivity index (χ2n) is 4.55. The van der Waals surface area contributed by atoms with Gasteiger partial charge in [0.2, 0.25) is 0 Å². The van der Waals surface area contributed by atoms with Gasteiger partial charge in [0.15, 0.2) is 0 Å². The summed E-state index contributed by atoms with van der Waals surface area (Å²) < 4.78 is 37.7. The van der Waals surface area contributed by atoms with Crippen LogP contribution in [0, 0.1) is 17.8 Å². The van der Waals surface area contributed by atoms with Gasteiger partial charge in [-0.2, -0.15) is 13.2 Å². The molecule has 0 amide bonds. The molecule has 0 saturated heterocycles. The second kappa shape index (κ2) is 6.91. The van der Waals surface area contributed by atoms with Crippen LogP contribution >= 0.6 is 11.8 Å². The molecule has 0 aromatic heterocycles. The Hall–Kier alpha value is -1.08. The Balaban J connectivity index is 3.12. The zero-order chi connectivity index (χ0) is 14.5. The predicted octanol–water partition coefficient (Wildman–Crippen LogP) is 5.26. The van der Waals surface area contributed by atoms with Gasteiger partial charge in [0.05, 0.1) is 0 Å². The van der Waals surface area contributed by atoms with Crippen molar-refractivity contribution >= 4 is 11.8 Å². The van der Waals surface area contributed by atoms with Crippen molar-refractivity contribution < 1.29 is 13.2 Å². The summed E-state index contributed by atoms with van der Waals surface area (Å²) in [5, 5.41) is 0. The summed E-state index contributed by atoms with van der Waals surface area (Å²) in [6.45, 7) is 5.83. The maximum atomic E-state index is 12.6. The first-order chi connectivity index (χ1) is 8.81. The Morgan fingerprint density at radius 2 is 1.95 bits per heavy atom. The van der Waals surface area contributed by atoms with Crippen molar-refractivity contribution in [1.29, 1.82) is 0 Å². The third kappa shape index (κ3) is 6.07. The summed E-state index contributed by atoms with van der Waals surface area (Å²) in [6.07, 6.45) is 1.69. The maximum absolute atomic E-state index is 12.6. The van der Waals surface area contributed by atoms with Gasteiger partial charge in [-0.15, -0.1) is 0 Å². The van der Waals surface area contributed by atoms with Crippen molar-refractivity contribution in [3.05, 3.63) is 29.3 Å². The average molecular weight is 286 g/mol. The van der Waals surface area contributed by atoms with E-state index in [1.165, 1.54) is 0 Å². The molecular weight excluding hydrogens is 269 g/mol. The number of benzene rings is 1. The van der Waals surface area contributed by atoms with Crippen molar-refractivity contribution in [2.45, 2.75) is 44.0 Å². The van der Waals surface area contributed by atoms with Crippen LogP contribution in [0.15, 0.2) is 23.1 Å². The SMILES string of the molecule is CCCc1ccc(C#CC(C)C)c(SC(F)(F)F)c1. The van der Waals surface area contributed by atoms with E-state index >= 15 is 0 Å². The molecule has 1 aromatic rings. The lowest BCUT2D eigenvalue weighted by Gasteiger charge is -2.09. The molecule has 1 aromatic carbocycles. The van der Waals surface area contributed by atoms with Crippen LogP contribution in [-0.4, -0.2) is 5.51 Å². The number of thioether (sulfide) groups is 1. The average Bonchev–Trinajstić information content (AvgIpc) is 2.26. The molecular formula is C15H17F3S. The van der Waals surface area contributed by atoms with Crippen LogP contribution in [-0.2, 0) is 6.42 Å². The summed E-state index contributed by atoms with van der Waals surface area (Å²) in [5.74, 6) is 5.88. The van der Waals surface area contributed by atoms with Gasteiger partial charge in [0, 0.05) is 16.4 Å². The number of halogens is 3. The smallest absolute Gasteiger partial charge is 0.160 e. The third-order valence-corrected chi connectivity index (χ3v) is 3.10. The summed E-state index contributed by atoms with van der Waals surface area (Å²) in [5.41, 5.74) is -2.90. The fraction of sp³-hybridized carbons (Fsp3) is 0.467. The lowest BCUT2D eigenvalue weighted by molar-refractivity contribution is -0.0328. The van der Waals surface area contributed by atoms with Crippen molar-refractivity contribution in [1.82, 2.24) is 0 Å². The van der Waals surface area contributed by atoms with E-state index < -0.39 is 5.51 Å². The molecule has 4 heteroatoms. The zero-order valence-corrected chi connectivity index (χ0v) is 12.1. The van der Waals surface area contributed by atoms with E-state index in [0.29, 0.717) is 5.56 Å². The van der Waals surface area contributed by atoms with Crippen molar-refractivity contribution in [2.75, 3.05) is 0 Å². The minimum atomic E-state index is -4.28. The molecule has 0 atom stereocenters.